The summed E-state index contributed by atoms with van der Waals surface area (Å²) in [5.41, 5.74) is 0.985. The van der Waals surface area contributed by atoms with Crippen LogP contribution in [0.15, 0.2) is 12.1 Å². The van der Waals surface area contributed by atoms with Crippen LogP contribution >= 0.6 is 11.6 Å². The highest BCUT2D eigenvalue weighted by Gasteiger charge is 2.34. The van der Waals surface area contributed by atoms with Gasteiger partial charge in [-0.05, 0) is 56.7 Å². The van der Waals surface area contributed by atoms with Gasteiger partial charge in [0.05, 0.1) is 10.7 Å². The van der Waals surface area contributed by atoms with Crippen LogP contribution in [0.2, 0.25) is 5.02 Å². The van der Waals surface area contributed by atoms with Gasteiger partial charge in [0, 0.05) is 19.1 Å². The first-order valence-corrected chi connectivity index (χ1v) is 8.28. The monoisotopic (exact) mass is 293 g/mol. The predicted molar refractivity (Wildman–Crippen MR) is 84.3 cm³/mol. The minimum Gasteiger partial charge on any atom is -0.353 e. The molecule has 0 radical (unpaired) electrons. The molecule has 0 spiro atoms. The summed E-state index contributed by atoms with van der Waals surface area (Å²) in [7, 11) is 0. The number of hydrogen-bond acceptors (Lipinski definition) is 3. The number of anilines is 1. The van der Waals surface area contributed by atoms with Crippen LogP contribution in [0.5, 0.6) is 0 Å². The molecule has 110 valence electrons. The highest BCUT2D eigenvalue weighted by Crippen LogP contribution is 2.37. The van der Waals surface area contributed by atoms with Crippen molar-refractivity contribution in [3.05, 3.63) is 22.8 Å². The molecular weight excluding hydrogens is 270 g/mol. The SMILES string of the molecule is CCCNCc1nc(N(CC2CC2)C2CC2)ccc1Cl. The molecule has 0 atom stereocenters. The summed E-state index contributed by atoms with van der Waals surface area (Å²) < 4.78 is 0. The van der Waals surface area contributed by atoms with Crippen LogP contribution in [0.25, 0.3) is 0 Å². The minimum absolute atomic E-state index is 0.723. The molecule has 20 heavy (non-hydrogen) atoms. The van der Waals surface area contributed by atoms with Crippen molar-refractivity contribution in [3.63, 3.8) is 0 Å². The van der Waals surface area contributed by atoms with Gasteiger partial charge in [0.15, 0.2) is 0 Å². The van der Waals surface area contributed by atoms with Crippen molar-refractivity contribution in [2.75, 3.05) is 18.0 Å². The first-order chi connectivity index (χ1) is 9.78. The van der Waals surface area contributed by atoms with Crippen molar-refractivity contribution in [2.24, 2.45) is 5.92 Å². The third kappa shape index (κ3) is 3.64. The third-order valence-electron chi connectivity index (χ3n) is 4.06. The van der Waals surface area contributed by atoms with Gasteiger partial charge < -0.3 is 10.2 Å². The van der Waals surface area contributed by atoms with Crippen molar-refractivity contribution in [1.82, 2.24) is 10.3 Å². The molecule has 0 aromatic carbocycles. The molecule has 3 rings (SSSR count). The van der Waals surface area contributed by atoms with E-state index in [-0.39, 0.29) is 0 Å². The molecule has 1 aromatic heterocycles. The van der Waals surface area contributed by atoms with Crippen molar-refractivity contribution in [3.8, 4) is 0 Å². The number of pyridine rings is 1. The molecule has 2 fully saturated rings. The molecule has 3 nitrogen and oxygen atoms in total. The maximum Gasteiger partial charge on any atom is 0.129 e. The minimum atomic E-state index is 0.723. The average molecular weight is 294 g/mol. The molecule has 2 aliphatic rings. The number of halogens is 1. The van der Waals surface area contributed by atoms with Crippen molar-refractivity contribution in [1.29, 1.82) is 0 Å². The Balaban J connectivity index is 1.71. The van der Waals surface area contributed by atoms with Crippen LogP contribution < -0.4 is 10.2 Å². The van der Waals surface area contributed by atoms with Gasteiger partial charge in [-0.3, -0.25) is 0 Å². The molecule has 4 heteroatoms. The van der Waals surface area contributed by atoms with E-state index in [1.165, 1.54) is 32.2 Å². The summed E-state index contributed by atoms with van der Waals surface area (Å²) >= 11 is 6.27. The topological polar surface area (TPSA) is 28.2 Å². The smallest absolute Gasteiger partial charge is 0.129 e. The Labute approximate surface area is 126 Å². The Morgan fingerprint density at radius 3 is 2.75 bits per heavy atom. The zero-order valence-corrected chi connectivity index (χ0v) is 13.0. The summed E-state index contributed by atoms with van der Waals surface area (Å²) in [5.74, 6) is 2.02. The summed E-state index contributed by atoms with van der Waals surface area (Å²) in [5, 5.41) is 4.17. The fraction of sp³-hybridized carbons (Fsp3) is 0.688. The van der Waals surface area contributed by atoms with Crippen LogP contribution in [0, 0.1) is 5.92 Å². The van der Waals surface area contributed by atoms with Gasteiger partial charge >= 0.3 is 0 Å². The van der Waals surface area contributed by atoms with Gasteiger partial charge in [0.25, 0.3) is 0 Å². The summed E-state index contributed by atoms with van der Waals surface area (Å²) in [6, 6.07) is 4.82. The lowest BCUT2D eigenvalue weighted by Crippen LogP contribution is -2.29. The fourth-order valence-electron chi connectivity index (χ4n) is 2.53. The third-order valence-corrected chi connectivity index (χ3v) is 4.40. The second kappa shape index (κ2) is 6.31. The van der Waals surface area contributed by atoms with E-state index in [4.69, 9.17) is 16.6 Å². The average Bonchev–Trinajstić information content (AvgIpc) is 3.32. The van der Waals surface area contributed by atoms with Gasteiger partial charge in [0.2, 0.25) is 0 Å². The van der Waals surface area contributed by atoms with E-state index in [1.807, 2.05) is 6.07 Å². The maximum absolute atomic E-state index is 6.27. The zero-order valence-electron chi connectivity index (χ0n) is 12.2. The molecule has 0 amide bonds. The predicted octanol–water partition coefficient (Wildman–Crippen LogP) is 3.61. The lowest BCUT2D eigenvalue weighted by Gasteiger charge is -2.24. The summed E-state index contributed by atoms with van der Waals surface area (Å²) in [6.45, 7) is 5.13. The van der Waals surface area contributed by atoms with Gasteiger partial charge in [-0.15, -0.1) is 0 Å². The molecule has 2 saturated carbocycles. The molecule has 2 aliphatic carbocycles. The standard InChI is InChI=1S/C16H24ClN3/c1-2-9-18-10-15-14(17)7-8-16(19-15)20(13-5-6-13)11-12-3-4-12/h7-8,12-13,18H,2-6,9-11H2,1H3. The highest BCUT2D eigenvalue weighted by molar-refractivity contribution is 6.31. The van der Waals surface area contributed by atoms with E-state index in [0.717, 1.165) is 48.0 Å². The van der Waals surface area contributed by atoms with E-state index < -0.39 is 0 Å². The number of nitrogens with zero attached hydrogens (tertiary/aromatic N) is 2. The van der Waals surface area contributed by atoms with E-state index in [9.17, 15) is 0 Å². The van der Waals surface area contributed by atoms with E-state index in [0.29, 0.717) is 0 Å². The van der Waals surface area contributed by atoms with Gasteiger partial charge in [-0.1, -0.05) is 18.5 Å². The Bertz CT molecular complexity index is 455. The molecule has 1 heterocycles. The van der Waals surface area contributed by atoms with E-state index in [1.54, 1.807) is 0 Å². The molecule has 1 aromatic rings. The number of aromatic nitrogens is 1. The van der Waals surface area contributed by atoms with Gasteiger partial charge in [-0.2, -0.15) is 0 Å². The Hall–Kier alpha value is -0.800. The molecule has 0 saturated heterocycles. The summed E-state index contributed by atoms with van der Waals surface area (Å²) in [4.78, 5) is 7.33. The van der Waals surface area contributed by atoms with Gasteiger partial charge in [0.1, 0.15) is 5.82 Å². The second-order valence-electron chi connectivity index (χ2n) is 6.10. The molecule has 0 aliphatic heterocycles. The fourth-order valence-corrected chi connectivity index (χ4v) is 2.71. The van der Waals surface area contributed by atoms with Crippen molar-refractivity contribution < 1.29 is 0 Å². The number of rotatable bonds is 8. The molecule has 0 unspecified atom stereocenters. The van der Waals surface area contributed by atoms with Crippen molar-refractivity contribution >= 4 is 17.4 Å². The van der Waals surface area contributed by atoms with Crippen LogP contribution in [0.1, 0.15) is 44.7 Å². The second-order valence-corrected chi connectivity index (χ2v) is 6.51. The Kier molecular flexibility index (Phi) is 4.47. The zero-order chi connectivity index (χ0) is 13.9. The van der Waals surface area contributed by atoms with Crippen LogP contribution in [0.3, 0.4) is 0 Å². The van der Waals surface area contributed by atoms with Crippen molar-refractivity contribution in [2.45, 2.75) is 51.6 Å². The van der Waals surface area contributed by atoms with Crippen LogP contribution in [0.4, 0.5) is 5.82 Å². The first-order valence-electron chi connectivity index (χ1n) is 7.90. The lowest BCUT2D eigenvalue weighted by molar-refractivity contribution is 0.658. The number of nitrogens with one attached hydrogen (secondary N) is 1. The normalized spacial score (nSPS) is 18.3. The van der Waals surface area contributed by atoms with Gasteiger partial charge in [-0.25, -0.2) is 4.98 Å². The molecule has 0 bridgehead atoms. The van der Waals surface area contributed by atoms with E-state index in [2.05, 4.69) is 23.2 Å². The maximum atomic E-state index is 6.27. The number of hydrogen-bond donors (Lipinski definition) is 1. The Morgan fingerprint density at radius 1 is 1.30 bits per heavy atom. The Morgan fingerprint density at radius 2 is 2.10 bits per heavy atom. The van der Waals surface area contributed by atoms with E-state index >= 15 is 0 Å². The largest absolute Gasteiger partial charge is 0.353 e. The first kappa shape index (κ1) is 14.2. The quantitative estimate of drug-likeness (QED) is 0.742. The van der Waals surface area contributed by atoms with Crippen LogP contribution in [-0.2, 0) is 6.54 Å². The van der Waals surface area contributed by atoms with Crippen LogP contribution in [-0.4, -0.2) is 24.1 Å². The lowest BCUT2D eigenvalue weighted by atomic mass is 10.3. The summed E-state index contributed by atoms with van der Waals surface area (Å²) in [6.07, 6.45) is 6.55. The highest BCUT2D eigenvalue weighted by atomic mass is 35.5. The molecule has 1 N–H and O–H groups in total. The molecular formula is C16H24ClN3.